The molecule has 0 rings (SSSR count). The summed E-state index contributed by atoms with van der Waals surface area (Å²) in [6.07, 6.45) is 2.73. The van der Waals surface area contributed by atoms with Crippen molar-refractivity contribution < 1.29 is 23.9 Å². The molecule has 1 unspecified atom stereocenters. The Kier molecular flexibility index (Phi) is 8.84. The molecule has 0 spiro atoms. The zero-order valence-corrected chi connectivity index (χ0v) is 12.9. The smallest absolute Gasteiger partial charge is 0.323 e. The number of aldehydes is 1. The van der Waals surface area contributed by atoms with E-state index < -0.39 is 23.3 Å². The monoisotopic (exact) mass is 286 g/mol. The van der Waals surface area contributed by atoms with Gasteiger partial charge < -0.3 is 14.3 Å². The molecule has 0 N–H and O–H groups in total. The lowest BCUT2D eigenvalue weighted by Crippen LogP contribution is -2.47. The first-order chi connectivity index (χ1) is 9.50. The van der Waals surface area contributed by atoms with E-state index in [-0.39, 0.29) is 19.6 Å². The van der Waals surface area contributed by atoms with Gasteiger partial charge in [-0.25, -0.2) is 0 Å². The van der Waals surface area contributed by atoms with E-state index in [1.165, 1.54) is 0 Å². The molecule has 0 aromatic carbocycles. The Labute approximate surface area is 121 Å². The van der Waals surface area contributed by atoms with E-state index >= 15 is 0 Å². The summed E-state index contributed by atoms with van der Waals surface area (Å²) in [4.78, 5) is 35.5. The lowest BCUT2D eigenvalue weighted by Gasteiger charge is -2.33. The van der Waals surface area contributed by atoms with Crippen molar-refractivity contribution in [3.8, 4) is 0 Å². The van der Waals surface area contributed by atoms with Gasteiger partial charge in [-0.1, -0.05) is 26.7 Å². The first-order valence-corrected chi connectivity index (χ1v) is 7.29. The van der Waals surface area contributed by atoms with Crippen molar-refractivity contribution in [3.05, 3.63) is 0 Å². The van der Waals surface area contributed by atoms with Gasteiger partial charge in [0, 0.05) is 6.42 Å². The standard InChI is InChI=1S/C15H26O5/c1-5-8-10-15(12(4)9-11-16,13(17)19-6-2)14(18)20-7-3/h11-12H,5-10H2,1-4H3. The maximum atomic E-state index is 12.4. The number of ether oxygens (including phenoxy) is 2. The van der Waals surface area contributed by atoms with E-state index in [4.69, 9.17) is 9.47 Å². The quantitative estimate of drug-likeness (QED) is 0.350. The van der Waals surface area contributed by atoms with Crippen LogP contribution < -0.4 is 0 Å². The van der Waals surface area contributed by atoms with Gasteiger partial charge in [0.2, 0.25) is 0 Å². The van der Waals surface area contributed by atoms with Crippen molar-refractivity contribution in [2.24, 2.45) is 11.3 Å². The predicted molar refractivity (Wildman–Crippen MR) is 75.1 cm³/mol. The third-order valence-electron chi connectivity index (χ3n) is 3.50. The molecule has 0 bridgehead atoms. The van der Waals surface area contributed by atoms with Crippen molar-refractivity contribution in [2.45, 2.75) is 53.4 Å². The molecule has 20 heavy (non-hydrogen) atoms. The molecule has 0 saturated carbocycles. The van der Waals surface area contributed by atoms with Crippen molar-refractivity contribution >= 4 is 18.2 Å². The van der Waals surface area contributed by atoms with Crippen LogP contribution in [0.25, 0.3) is 0 Å². The van der Waals surface area contributed by atoms with Gasteiger partial charge in [0.05, 0.1) is 13.2 Å². The number of esters is 2. The van der Waals surface area contributed by atoms with Crippen LogP contribution >= 0.6 is 0 Å². The molecular weight excluding hydrogens is 260 g/mol. The minimum atomic E-state index is -1.37. The highest BCUT2D eigenvalue weighted by Crippen LogP contribution is 2.38. The van der Waals surface area contributed by atoms with E-state index in [9.17, 15) is 14.4 Å². The first-order valence-electron chi connectivity index (χ1n) is 7.29. The topological polar surface area (TPSA) is 69.7 Å². The number of unbranched alkanes of at least 4 members (excludes halogenated alkanes) is 1. The van der Waals surface area contributed by atoms with Crippen LogP contribution in [0.2, 0.25) is 0 Å². The van der Waals surface area contributed by atoms with E-state index in [0.717, 1.165) is 12.7 Å². The molecule has 1 atom stereocenters. The fourth-order valence-corrected chi connectivity index (χ4v) is 2.26. The Bertz CT molecular complexity index is 306. The largest absolute Gasteiger partial charge is 0.465 e. The van der Waals surface area contributed by atoms with Crippen LogP contribution in [0.4, 0.5) is 0 Å². The van der Waals surface area contributed by atoms with Crippen molar-refractivity contribution in [1.29, 1.82) is 0 Å². The third kappa shape index (κ3) is 4.32. The molecule has 116 valence electrons. The second-order valence-corrected chi connectivity index (χ2v) is 4.82. The Morgan fingerprint density at radius 3 is 1.95 bits per heavy atom. The Hall–Kier alpha value is -1.39. The van der Waals surface area contributed by atoms with Crippen molar-refractivity contribution in [3.63, 3.8) is 0 Å². The number of hydrogen-bond donors (Lipinski definition) is 0. The van der Waals surface area contributed by atoms with E-state index in [1.807, 2.05) is 6.92 Å². The Morgan fingerprint density at radius 1 is 1.10 bits per heavy atom. The van der Waals surface area contributed by atoms with Crippen LogP contribution in [0.3, 0.4) is 0 Å². The van der Waals surface area contributed by atoms with Crippen LogP contribution in [-0.2, 0) is 23.9 Å². The molecule has 0 amide bonds. The minimum absolute atomic E-state index is 0.126. The second kappa shape index (κ2) is 9.50. The molecule has 0 aliphatic heterocycles. The molecule has 0 aliphatic rings. The van der Waals surface area contributed by atoms with E-state index in [1.54, 1.807) is 20.8 Å². The van der Waals surface area contributed by atoms with Crippen molar-refractivity contribution in [1.82, 2.24) is 0 Å². The van der Waals surface area contributed by atoms with Gasteiger partial charge in [0.1, 0.15) is 6.29 Å². The number of rotatable bonds is 10. The predicted octanol–water partition coefficient (Wildman–Crippen LogP) is 2.51. The average molecular weight is 286 g/mol. The van der Waals surface area contributed by atoms with Gasteiger partial charge in [-0.15, -0.1) is 0 Å². The van der Waals surface area contributed by atoms with Crippen LogP contribution in [0.1, 0.15) is 53.4 Å². The lowest BCUT2D eigenvalue weighted by atomic mass is 9.71. The van der Waals surface area contributed by atoms with Gasteiger partial charge in [0.25, 0.3) is 0 Å². The minimum Gasteiger partial charge on any atom is -0.465 e. The van der Waals surface area contributed by atoms with Crippen LogP contribution in [-0.4, -0.2) is 31.4 Å². The lowest BCUT2D eigenvalue weighted by molar-refractivity contribution is -0.177. The van der Waals surface area contributed by atoms with Gasteiger partial charge in [-0.05, 0) is 26.2 Å². The molecule has 0 saturated heterocycles. The molecule has 0 aromatic rings. The highest BCUT2D eigenvalue weighted by atomic mass is 16.6. The maximum absolute atomic E-state index is 12.4. The van der Waals surface area contributed by atoms with E-state index in [0.29, 0.717) is 12.8 Å². The summed E-state index contributed by atoms with van der Waals surface area (Å²) in [6, 6.07) is 0. The molecule has 0 fully saturated rings. The van der Waals surface area contributed by atoms with Crippen LogP contribution in [0.15, 0.2) is 0 Å². The molecule has 0 heterocycles. The summed E-state index contributed by atoms with van der Waals surface area (Å²) >= 11 is 0. The maximum Gasteiger partial charge on any atom is 0.323 e. The zero-order chi connectivity index (χ0) is 15.6. The Morgan fingerprint density at radius 2 is 1.60 bits per heavy atom. The van der Waals surface area contributed by atoms with Gasteiger partial charge in [-0.2, -0.15) is 0 Å². The number of hydrogen-bond acceptors (Lipinski definition) is 5. The SMILES string of the molecule is CCCCC(C(=O)OCC)(C(=O)OCC)C(C)CC=O. The zero-order valence-electron chi connectivity index (χ0n) is 12.9. The van der Waals surface area contributed by atoms with Crippen LogP contribution in [0, 0.1) is 11.3 Å². The summed E-state index contributed by atoms with van der Waals surface area (Å²) in [5, 5.41) is 0. The summed E-state index contributed by atoms with van der Waals surface area (Å²) in [6.45, 7) is 7.47. The molecule has 5 heteroatoms. The summed E-state index contributed by atoms with van der Waals surface area (Å²) in [5.74, 6) is -1.60. The molecule has 5 nitrogen and oxygen atoms in total. The van der Waals surface area contributed by atoms with Gasteiger partial charge in [0.15, 0.2) is 5.41 Å². The molecule has 0 aromatic heterocycles. The average Bonchev–Trinajstić information content (AvgIpc) is 2.40. The number of carbonyl (C=O) groups is 3. The van der Waals surface area contributed by atoms with E-state index in [2.05, 4.69) is 0 Å². The third-order valence-corrected chi connectivity index (χ3v) is 3.50. The fourth-order valence-electron chi connectivity index (χ4n) is 2.26. The van der Waals surface area contributed by atoms with Gasteiger partial charge in [-0.3, -0.25) is 9.59 Å². The Balaban J connectivity index is 5.53. The molecular formula is C15H26O5. The first kappa shape index (κ1) is 18.6. The second-order valence-electron chi connectivity index (χ2n) is 4.82. The molecule has 0 aliphatic carbocycles. The van der Waals surface area contributed by atoms with Crippen molar-refractivity contribution in [2.75, 3.05) is 13.2 Å². The normalized spacial score (nSPS) is 12.6. The summed E-state index contributed by atoms with van der Waals surface area (Å²) in [7, 11) is 0. The highest BCUT2D eigenvalue weighted by molar-refractivity contribution is 6.00. The molecule has 0 radical (unpaired) electrons. The highest BCUT2D eigenvalue weighted by Gasteiger charge is 2.52. The van der Waals surface area contributed by atoms with Crippen LogP contribution in [0.5, 0.6) is 0 Å². The fraction of sp³-hybridized carbons (Fsp3) is 0.800. The van der Waals surface area contributed by atoms with Gasteiger partial charge >= 0.3 is 11.9 Å². The summed E-state index contributed by atoms with van der Waals surface area (Å²) < 4.78 is 10.2. The summed E-state index contributed by atoms with van der Waals surface area (Å²) in [5.41, 5.74) is -1.37. The number of carbonyl (C=O) groups excluding carboxylic acids is 3.